The maximum Gasteiger partial charge on any atom is 0.407 e. The molecule has 3 aromatic heterocycles. The normalized spacial score (nSPS) is 17.8. The van der Waals surface area contributed by atoms with Gasteiger partial charge in [-0.15, -0.1) is 0 Å². The number of nitrogens with one attached hydrogen (secondary N) is 4. The van der Waals surface area contributed by atoms with Crippen LogP contribution in [0, 0.1) is 11.8 Å². The summed E-state index contributed by atoms with van der Waals surface area (Å²) in [7, 11) is 2.57. The molecule has 4 amide bonds. The van der Waals surface area contributed by atoms with Crippen molar-refractivity contribution >= 4 is 34.9 Å². The lowest BCUT2D eigenvalue weighted by molar-refractivity contribution is -0.136. The van der Waals surface area contributed by atoms with E-state index >= 15 is 0 Å². The van der Waals surface area contributed by atoms with Gasteiger partial charge in [0.15, 0.2) is 5.82 Å². The predicted octanol–water partition coefficient (Wildman–Crippen LogP) is 6.17. The molecule has 0 bridgehead atoms. The number of amides is 4. The lowest BCUT2D eigenvalue weighted by atomic mass is 10.0. The summed E-state index contributed by atoms with van der Waals surface area (Å²) in [4.78, 5) is 80.4. The van der Waals surface area contributed by atoms with Crippen LogP contribution in [0.5, 0.6) is 0 Å². The molecule has 0 radical (unpaired) electrons. The number of hydrogen-bond acceptors (Lipinski definition) is 10. The largest absolute Gasteiger partial charge is 0.453 e. The summed E-state index contributed by atoms with van der Waals surface area (Å²) >= 11 is 0. The first-order valence-corrected chi connectivity index (χ1v) is 19.7. The Bertz CT molecular complexity index is 2290. The summed E-state index contributed by atoms with van der Waals surface area (Å²) in [5, 5.41) is 6.25. The third kappa shape index (κ3) is 8.22. The molecule has 4 N–H and O–H groups in total. The number of carbonyl (C=O) groups is 4. The van der Waals surface area contributed by atoms with Gasteiger partial charge in [-0.25, -0.2) is 29.5 Å². The van der Waals surface area contributed by atoms with Gasteiger partial charge in [0.05, 0.1) is 55.6 Å². The monoisotopic (exact) mass is 790 g/mol. The van der Waals surface area contributed by atoms with Gasteiger partial charge in [0.25, 0.3) is 0 Å². The molecular weight excluding hydrogens is 741 g/mol. The molecule has 2 fully saturated rings. The maximum atomic E-state index is 13.6. The van der Waals surface area contributed by atoms with Gasteiger partial charge in [-0.3, -0.25) is 9.59 Å². The summed E-state index contributed by atoms with van der Waals surface area (Å²) in [6, 6.07) is 12.0. The topological polar surface area (TPSA) is 200 Å². The van der Waals surface area contributed by atoms with E-state index < -0.39 is 24.3 Å². The number of H-pyrrole nitrogens is 2. The third-order valence-corrected chi connectivity index (χ3v) is 11.0. The molecule has 0 aliphatic carbocycles. The molecule has 16 nitrogen and oxygen atoms in total. The van der Waals surface area contributed by atoms with E-state index in [4.69, 9.17) is 14.5 Å². The second-order valence-electron chi connectivity index (χ2n) is 15.5. The highest BCUT2D eigenvalue weighted by molar-refractivity contribution is 5.88. The molecule has 58 heavy (non-hydrogen) atoms. The molecule has 7 rings (SSSR count). The molecular formula is C42H50N10O6. The van der Waals surface area contributed by atoms with E-state index in [1.54, 1.807) is 22.2 Å². The number of aromatic amines is 2. The van der Waals surface area contributed by atoms with Gasteiger partial charge in [0, 0.05) is 35.8 Å². The number of nitrogens with zero attached hydrogens (tertiary/aromatic N) is 6. The number of alkyl carbamates (subject to hydrolysis) is 2. The van der Waals surface area contributed by atoms with Crippen LogP contribution in [-0.4, -0.2) is 103 Å². The predicted molar refractivity (Wildman–Crippen MR) is 216 cm³/mol. The van der Waals surface area contributed by atoms with Crippen LogP contribution in [0.1, 0.15) is 77.1 Å². The van der Waals surface area contributed by atoms with Crippen molar-refractivity contribution in [3.8, 4) is 33.9 Å². The number of likely N-dealkylation sites (tertiary alicyclic amines) is 2. The SMILES string of the molecule is COC(=O)NC(C(=O)N1CCCC1c1ncc(-c2ccc(-c3ncc4cc(-c5cnc(C6CCCN6C(=O)C(NC(=O)OC)C(C)C)[nH]5)ccc4n3)cc2)[nH]1)C(C)C. The number of rotatable bonds is 11. The number of methoxy groups -OCH3 is 2. The van der Waals surface area contributed by atoms with Crippen LogP contribution in [0.25, 0.3) is 44.8 Å². The van der Waals surface area contributed by atoms with E-state index in [-0.39, 0.29) is 35.7 Å². The summed E-state index contributed by atoms with van der Waals surface area (Å²) in [5.41, 5.74) is 5.13. The van der Waals surface area contributed by atoms with Crippen LogP contribution in [0.4, 0.5) is 9.59 Å². The summed E-state index contributed by atoms with van der Waals surface area (Å²) < 4.78 is 9.51. The third-order valence-electron chi connectivity index (χ3n) is 11.0. The van der Waals surface area contributed by atoms with Crippen molar-refractivity contribution < 1.29 is 28.7 Å². The van der Waals surface area contributed by atoms with Gasteiger partial charge in [0.1, 0.15) is 23.7 Å². The fourth-order valence-electron chi connectivity index (χ4n) is 7.83. The Morgan fingerprint density at radius 2 is 1.16 bits per heavy atom. The highest BCUT2D eigenvalue weighted by atomic mass is 16.5. The van der Waals surface area contributed by atoms with Gasteiger partial charge in [-0.2, -0.15) is 0 Å². The van der Waals surface area contributed by atoms with Crippen LogP contribution >= 0.6 is 0 Å². The van der Waals surface area contributed by atoms with Gasteiger partial charge >= 0.3 is 12.2 Å². The molecule has 4 atom stereocenters. The molecule has 5 aromatic rings. The molecule has 304 valence electrons. The smallest absolute Gasteiger partial charge is 0.407 e. The maximum absolute atomic E-state index is 13.6. The van der Waals surface area contributed by atoms with Crippen LogP contribution in [0.15, 0.2) is 61.1 Å². The summed E-state index contributed by atoms with van der Waals surface area (Å²) in [6.07, 6.45) is 7.30. The number of imidazole rings is 2. The van der Waals surface area contributed by atoms with Gasteiger partial charge in [-0.1, -0.05) is 58.0 Å². The minimum Gasteiger partial charge on any atom is -0.453 e. The minimum absolute atomic E-state index is 0.114. The van der Waals surface area contributed by atoms with Crippen LogP contribution < -0.4 is 10.6 Å². The highest BCUT2D eigenvalue weighted by Gasteiger charge is 2.39. The van der Waals surface area contributed by atoms with Crippen molar-refractivity contribution in [2.45, 2.75) is 77.5 Å². The second kappa shape index (κ2) is 17.0. The molecule has 16 heteroatoms. The molecule has 4 unspecified atom stereocenters. The fraction of sp³-hybridized carbons (Fsp3) is 0.429. The minimum atomic E-state index is -0.702. The zero-order valence-corrected chi connectivity index (χ0v) is 33.6. The molecule has 2 saturated heterocycles. The first-order chi connectivity index (χ1) is 27.9. The molecule has 0 spiro atoms. The number of fused-ring (bicyclic) bond motifs is 1. The summed E-state index contributed by atoms with van der Waals surface area (Å²) in [6.45, 7) is 8.74. The molecule has 2 aliphatic heterocycles. The Morgan fingerprint density at radius 1 is 0.672 bits per heavy atom. The zero-order valence-electron chi connectivity index (χ0n) is 33.6. The van der Waals surface area contributed by atoms with Crippen molar-refractivity contribution in [1.29, 1.82) is 0 Å². The van der Waals surface area contributed by atoms with Crippen molar-refractivity contribution in [1.82, 2.24) is 50.3 Å². The quantitative estimate of drug-likeness (QED) is 0.120. The Kier molecular flexibility index (Phi) is 11.7. The van der Waals surface area contributed by atoms with Crippen molar-refractivity contribution in [2.75, 3.05) is 27.3 Å². The zero-order chi connectivity index (χ0) is 41.1. The Balaban J connectivity index is 1.02. The number of aromatic nitrogens is 6. The number of carbonyl (C=O) groups excluding carboxylic acids is 4. The van der Waals surface area contributed by atoms with Crippen LogP contribution in [0.3, 0.4) is 0 Å². The van der Waals surface area contributed by atoms with E-state index in [0.717, 1.165) is 64.7 Å². The standard InChI is InChI=1S/C42H50N10O6/c1-23(2)34(49-41(55)57-5)39(53)51-17-7-9-32(51)37-44-21-30(47-37)25-11-13-26(14-12-25)36-43-20-28-19-27(15-16-29(28)46-36)31-22-45-38(48-31)33-10-8-18-52(33)40(54)35(24(3)4)50-42(56)58-6/h11-16,19-24,32-35H,7-10,17-18H2,1-6H3,(H,44,47)(H,45,48)(H,49,55)(H,50,56). The van der Waals surface area contributed by atoms with Crippen molar-refractivity contribution in [3.05, 3.63) is 72.7 Å². The van der Waals surface area contributed by atoms with Gasteiger partial charge in [0.2, 0.25) is 11.8 Å². The second-order valence-corrected chi connectivity index (χ2v) is 15.5. The van der Waals surface area contributed by atoms with Crippen LogP contribution in [0.2, 0.25) is 0 Å². The Labute approximate surface area is 336 Å². The van der Waals surface area contributed by atoms with Gasteiger partial charge < -0.3 is 39.9 Å². The summed E-state index contributed by atoms with van der Waals surface area (Å²) in [5.74, 6) is 1.46. The van der Waals surface area contributed by atoms with E-state index in [9.17, 15) is 19.2 Å². The molecule has 2 aliphatic rings. The number of hydrogen-bond donors (Lipinski definition) is 4. The highest BCUT2D eigenvalue weighted by Crippen LogP contribution is 2.35. The molecule has 0 saturated carbocycles. The molecule has 2 aromatic carbocycles. The Morgan fingerprint density at radius 3 is 1.66 bits per heavy atom. The lowest BCUT2D eigenvalue weighted by Crippen LogP contribution is -2.51. The fourth-order valence-corrected chi connectivity index (χ4v) is 7.83. The van der Waals surface area contributed by atoms with E-state index in [2.05, 4.69) is 35.6 Å². The van der Waals surface area contributed by atoms with Gasteiger partial charge in [-0.05, 0) is 55.2 Å². The van der Waals surface area contributed by atoms with E-state index in [1.807, 2.05) is 76.4 Å². The lowest BCUT2D eigenvalue weighted by Gasteiger charge is -2.30. The number of ether oxygens (including phenoxy) is 2. The van der Waals surface area contributed by atoms with E-state index in [0.29, 0.717) is 30.6 Å². The first-order valence-electron chi connectivity index (χ1n) is 19.7. The average Bonchev–Trinajstić information content (AvgIpc) is 4.07. The van der Waals surface area contributed by atoms with Crippen molar-refractivity contribution in [3.63, 3.8) is 0 Å². The number of benzene rings is 2. The van der Waals surface area contributed by atoms with E-state index in [1.165, 1.54) is 14.2 Å². The van der Waals surface area contributed by atoms with Crippen LogP contribution in [-0.2, 0) is 19.1 Å². The molecule has 5 heterocycles. The Hall–Kier alpha value is -6.32. The van der Waals surface area contributed by atoms with Crippen molar-refractivity contribution in [2.24, 2.45) is 11.8 Å². The average molecular weight is 791 g/mol. The first kappa shape index (κ1) is 39.9.